The number of para-hydroxylation sites is 1. The van der Waals surface area contributed by atoms with Crippen LogP contribution in [0, 0.1) is 0 Å². The van der Waals surface area contributed by atoms with E-state index in [0.717, 1.165) is 0 Å². The molecule has 0 aliphatic heterocycles. The van der Waals surface area contributed by atoms with Crippen molar-refractivity contribution in [1.82, 2.24) is 0 Å². The summed E-state index contributed by atoms with van der Waals surface area (Å²) in [5.41, 5.74) is 1.29. The van der Waals surface area contributed by atoms with Crippen molar-refractivity contribution in [2.45, 2.75) is 0 Å². The number of amides is 1. The van der Waals surface area contributed by atoms with Gasteiger partial charge in [-0.2, -0.15) is 0 Å². The minimum atomic E-state index is -0.394. The average molecular weight is 347 g/mol. The molecule has 0 unspecified atom stereocenters. The molecule has 26 heavy (non-hydrogen) atoms. The van der Waals surface area contributed by atoms with Gasteiger partial charge in [0.05, 0.1) is 18.4 Å². The van der Waals surface area contributed by atoms with Crippen LogP contribution in [0.2, 0.25) is 0 Å². The van der Waals surface area contributed by atoms with E-state index in [4.69, 9.17) is 4.74 Å². The topological polar surface area (TPSA) is 75.6 Å². The number of carbonyl (C=O) groups excluding carboxylic acids is 2. The first-order chi connectivity index (χ1) is 12.6. The smallest absolute Gasteiger partial charge is 0.255 e. The van der Waals surface area contributed by atoms with Crippen LogP contribution in [0.15, 0.2) is 72.8 Å². The SMILES string of the molecule is COc1ccc(C(=O)c2ccccc2NC(=O)c2ccccc2)c(O)c1. The number of carbonyl (C=O) groups is 2. The van der Waals surface area contributed by atoms with Gasteiger partial charge in [-0.3, -0.25) is 9.59 Å². The summed E-state index contributed by atoms with van der Waals surface area (Å²) in [5, 5.41) is 12.9. The van der Waals surface area contributed by atoms with Crippen molar-refractivity contribution < 1.29 is 19.4 Å². The first-order valence-corrected chi connectivity index (χ1v) is 7.97. The first-order valence-electron chi connectivity index (χ1n) is 7.97. The predicted octanol–water partition coefficient (Wildman–Crippen LogP) is 3.88. The second kappa shape index (κ2) is 7.53. The Labute approximate surface area is 150 Å². The zero-order chi connectivity index (χ0) is 18.5. The van der Waals surface area contributed by atoms with E-state index in [1.807, 2.05) is 6.07 Å². The van der Waals surface area contributed by atoms with Crippen LogP contribution in [0.4, 0.5) is 5.69 Å². The van der Waals surface area contributed by atoms with Gasteiger partial charge < -0.3 is 15.2 Å². The number of ketones is 1. The molecule has 0 bridgehead atoms. The van der Waals surface area contributed by atoms with Gasteiger partial charge >= 0.3 is 0 Å². The van der Waals surface area contributed by atoms with Crippen molar-refractivity contribution in [3.05, 3.63) is 89.5 Å². The number of phenolic OH excluding ortho intramolecular Hbond substituents is 1. The number of benzene rings is 3. The van der Waals surface area contributed by atoms with Crippen molar-refractivity contribution in [3.63, 3.8) is 0 Å². The highest BCUT2D eigenvalue weighted by Crippen LogP contribution is 2.28. The Morgan fingerprint density at radius 3 is 2.27 bits per heavy atom. The van der Waals surface area contributed by atoms with E-state index in [1.54, 1.807) is 54.6 Å². The molecule has 0 aromatic heterocycles. The lowest BCUT2D eigenvalue weighted by atomic mass is 10.0. The van der Waals surface area contributed by atoms with Gasteiger partial charge in [0.15, 0.2) is 5.78 Å². The number of hydrogen-bond donors (Lipinski definition) is 2. The Balaban J connectivity index is 1.92. The number of ether oxygens (including phenoxy) is 1. The second-order valence-electron chi connectivity index (χ2n) is 5.58. The number of methoxy groups -OCH3 is 1. The number of anilines is 1. The third-order valence-corrected chi connectivity index (χ3v) is 3.91. The van der Waals surface area contributed by atoms with Gasteiger partial charge in [-0.05, 0) is 36.4 Å². The molecule has 0 aliphatic rings. The highest BCUT2D eigenvalue weighted by atomic mass is 16.5. The molecule has 0 atom stereocenters. The monoisotopic (exact) mass is 347 g/mol. The third kappa shape index (κ3) is 3.57. The Bertz CT molecular complexity index is 951. The molecule has 3 aromatic rings. The summed E-state index contributed by atoms with van der Waals surface area (Å²) in [7, 11) is 1.48. The fourth-order valence-corrected chi connectivity index (χ4v) is 2.55. The van der Waals surface area contributed by atoms with Gasteiger partial charge in [0.25, 0.3) is 5.91 Å². The number of rotatable bonds is 5. The van der Waals surface area contributed by atoms with Crippen LogP contribution in [-0.2, 0) is 0 Å². The van der Waals surface area contributed by atoms with E-state index in [0.29, 0.717) is 17.0 Å². The van der Waals surface area contributed by atoms with Crippen molar-refractivity contribution in [2.24, 2.45) is 0 Å². The van der Waals surface area contributed by atoms with E-state index in [2.05, 4.69) is 5.32 Å². The maximum atomic E-state index is 12.9. The molecule has 0 heterocycles. The van der Waals surface area contributed by atoms with Gasteiger partial charge in [-0.25, -0.2) is 0 Å². The van der Waals surface area contributed by atoms with Crippen LogP contribution in [-0.4, -0.2) is 23.9 Å². The number of hydrogen-bond acceptors (Lipinski definition) is 4. The van der Waals surface area contributed by atoms with Gasteiger partial charge in [-0.15, -0.1) is 0 Å². The third-order valence-electron chi connectivity index (χ3n) is 3.91. The summed E-state index contributed by atoms with van der Waals surface area (Å²) < 4.78 is 5.03. The Morgan fingerprint density at radius 2 is 1.58 bits per heavy atom. The summed E-state index contributed by atoms with van der Waals surface area (Å²) in [6.07, 6.45) is 0. The molecule has 0 saturated heterocycles. The molecule has 5 nitrogen and oxygen atoms in total. The van der Waals surface area contributed by atoms with E-state index < -0.39 is 5.78 Å². The largest absolute Gasteiger partial charge is 0.507 e. The summed E-state index contributed by atoms with van der Waals surface area (Å²) in [6, 6.07) is 19.9. The van der Waals surface area contributed by atoms with Crippen LogP contribution in [0.1, 0.15) is 26.3 Å². The highest BCUT2D eigenvalue weighted by molar-refractivity contribution is 6.16. The Hall–Kier alpha value is -3.60. The first kappa shape index (κ1) is 17.2. The second-order valence-corrected chi connectivity index (χ2v) is 5.58. The van der Waals surface area contributed by atoms with E-state index in [9.17, 15) is 14.7 Å². The average Bonchev–Trinajstić information content (AvgIpc) is 2.68. The molecule has 1 amide bonds. The van der Waals surface area contributed by atoms with Crippen LogP contribution in [0.5, 0.6) is 11.5 Å². The Kier molecular flexibility index (Phi) is 4.99. The molecule has 0 fully saturated rings. The van der Waals surface area contributed by atoms with Crippen molar-refractivity contribution in [1.29, 1.82) is 0 Å². The van der Waals surface area contributed by atoms with Gasteiger partial charge in [0.2, 0.25) is 0 Å². The fourth-order valence-electron chi connectivity index (χ4n) is 2.55. The fraction of sp³-hybridized carbons (Fsp3) is 0.0476. The lowest BCUT2D eigenvalue weighted by Crippen LogP contribution is -2.15. The summed E-state index contributed by atoms with van der Waals surface area (Å²) >= 11 is 0. The Morgan fingerprint density at radius 1 is 0.885 bits per heavy atom. The highest BCUT2D eigenvalue weighted by Gasteiger charge is 2.18. The maximum Gasteiger partial charge on any atom is 0.255 e. The number of aromatic hydroxyl groups is 1. The molecule has 0 radical (unpaired) electrons. The molecule has 130 valence electrons. The van der Waals surface area contributed by atoms with E-state index >= 15 is 0 Å². The molecule has 3 aromatic carbocycles. The van der Waals surface area contributed by atoms with Gasteiger partial charge in [0.1, 0.15) is 11.5 Å². The summed E-state index contributed by atoms with van der Waals surface area (Å²) in [5.74, 6) is -0.442. The molecule has 0 saturated carbocycles. The zero-order valence-corrected chi connectivity index (χ0v) is 14.1. The van der Waals surface area contributed by atoms with E-state index in [1.165, 1.54) is 19.2 Å². The van der Waals surface area contributed by atoms with Crippen LogP contribution in [0.25, 0.3) is 0 Å². The summed E-state index contributed by atoms with van der Waals surface area (Å²) in [6.45, 7) is 0. The van der Waals surface area contributed by atoms with Crippen molar-refractivity contribution in [3.8, 4) is 11.5 Å². The number of nitrogens with one attached hydrogen (secondary N) is 1. The van der Waals surface area contributed by atoms with Gasteiger partial charge in [0, 0.05) is 17.2 Å². The van der Waals surface area contributed by atoms with Gasteiger partial charge in [-0.1, -0.05) is 30.3 Å². The van der Waals surface area contributed by atoms with Crippen molar-refractivity contribution in [2.75, 3.05) is 12.4 Å². The van der Waals surface area contributed by atoms with E-state index in [-0.39, 0.29) is 22.8 Å². The minimum Gasteiger partial charge on any atom is -0.507 e. The minimum absolute atomic E-state index is 0.132. The molecule has 2 N–H and O–H groups in total. The number of phenols is 1. The van der Waals surface area contributed by atoms with Crippen molar-refractivity contribution >= 4 is 17.4 Å². The molecule has 0 aliphatic carbocycles. The van der Waals surface area contributed by atoms with Crippen LogP contribution < -0.4 is 10.1 Å². The lowest BCUT2D eigenvalue weighted by Gasteiger charge is -2.12. The molecule has 0 spiro atoms. The molecular formula is C21H17NO4. The normalized spacial score (nSPS) is 10.2. The summed E-state index contributed by atoms with van der Waals surface area (Å²) in [4.78, 5) is 25.2. The lowest BCUT2D eigenvalue weighted by molar-refractivity contribution is 0.102. The van der Waals surface area contributed by atoms with Crippen LogP contribution in [0.3, 0.4) is 0 Å². The molecule has 3 rings (SSSR count). The predicted molar refractivity (Wildman–Crippen MR) is 98.9 cm³/mol. The quantitative estimate of drug-likeness (QED) is 0.687. The zero-order valence-electron chi connectivity index (χ0n) is 14.1. The molecule has 5 heteroatoms. The molecular weight excluding hydrogens is 330 g/mol. The van der Waals surface area contributed by atoms with Crippen LogP contribution >= 0.6 is 0 Å². The standard InChI is InChI=1S/C21H17NO4/c1-26-15-11-12-17(19(23)13-15)20(24)16-9-5-6-10-18(16)22-21(25)14-7-3-2-4-8-14/h2-13,23H,1H3,(H,22,25). The maximum absolute atomic E-state index is 12.9.